The molecule has 1 aromatic heterocycles. The predicted molar refractivity (Wildman–Crippen MR) is 52.5 cm³/mol. The topological polar surface area (TPSA) is 12.9 Å². The molecule has 0 saturated carbocycles. The molecule has 15 heavy (non-hydrogen) atoms. The maximum absolute atomic E-state index is 12.4. The average Bonchev–Trinajstić information content (AvgIpc) is 1.99. The van der Waals surface area contributed by atoms with Crippen LogP contribution in [0, 0.1) is 12.8 Å². The van der Waals surface area contributed by atoms with Gasteiger partial charge in [-0.3, -0.25) is 4.98 Å². The fourth-order valence-electron chi connectivity index (χ4n) is 1.51. The van der Waals surface area contributed by atoms with Crippen LogP contribution in [0.15, 0.2) is 12.3 Å². The van der Waals surface area contributed by atoms with Crippen molar-refractivity contribution in [1.82, 2.24) is 4.98 Å². The van der Waals surface area contributed by atoms with Crippen molar-refractivity contribution < 1.29 is 13.2 Å². The van der Waals surface area contributed by atoms with Crippen molar-refractivity contribution in [1.29, 1.82) is 0 Å². The van der Waals surface area contributed by atoms with Crippen LogP contribution >= 0.6 is 0 Å². The lowest BCUT2D eigenvalue weighted by Crippen LogP contribution is -2.11. The molecule has 0 bridgehead atoms. The third-order valence-corrected chi connectivity index (χ3v) is 2.05. The molecule has 4 heteroatoms. The van der Waals surface area contributed by atoms with Gasteiger partial charge in [-0.05, 0) is 30.4 Å². The van der Waals surface area contributed by atoms with Gasteiger partial charge in [0.2, 0.25) is 0 Å². The van der Waals surface area contributed by atoms with Gasteiger partial charge < -0.3 is 0 Å². The molecule has 0 N–H and O–H groups in total. The normalized spacial score (nSPS) is 12.2. The third kappa shape index (κ3) is 3.22. The molecule has 0 aliphatic rings. The predicted octanol–water partition coefficient (Wildman–Crippen LogP) is 3.61. The van der Waals surface area contributed by atoms with Crippen LogP contribution in [0.2, 0.25) is 0 Å². The molecule has 0 unspecified atom stereocenters. The highest BCUT2D eigenvalue weighted by atomic mass is 19.4. The highest BCUT2D eigenvalue weighted by molar-refractivity contribution is 5.26. The monoisotopic (exact) mass is 217 g/mol. The zero-order valence-corrected chi connectivity index (χ0v) is 9.02. The fraction of sp³-hybridized carbons (Fsp3) is 0.545. The second kappa shape index (κ2) is 4.21. The first-order chi connectivity index (χ1) is 6.80. The van der Waals surface area contributed by atoms with Gasteiger partial charge in [0.05, 0.1) is 0 Å². The number of hydrogen-bond donors (Lipinski definition) is 0. The minimum atomic E-state index is -4.35. The van der Waals surface area contributed by atoms with Gasteiger partial charge >= 0.3 is 6.18 Å². The zero-order chi connectivity index (χ0) is 11.6. The van der Waals surface area contributed by atoms with Gasteiger partial charge in [0, 0.05) is 6.20 Å². The third-order valence-electron chi connectivity index (χ3n) is 2.05. The molecular weight excluding hydrogens is 203 g/mol. The first-order valence-corrected chi connectivity index (χ1v) is 4.83. The van der Waals surface area contributed by atoms with Crippen molar-refractivity contribution in [2.24, 2.45) is 5.92 Å². The second-order valence-corrected chi connectivity index (χ2v) is 4.10. The van der Waals surface area contributed by atoms with Crippen LogP contribution in [0.4, 0.5) is 13.2 Å². The summed E-state index contributed by atoms with van der Waals surface area (Å²) in [7, 11) is 0. The van der Waals surface area contributed by atoms with Crippen molar-refractivity contribution in [3.8, 4) is 0 Å². The number of pyridine rings is 1. The number of aryl methyl sites for hydroxylation is 1. The Hall–Kier alpha value is -1.06. The highest BCUT2D eigenvalue weighted by Crippen LogP contribution is 2.30. The van der Waals surface area contributed by atoms with E-state index in [2.05, 4.69) is 4.98 Å². The lowest BCUT2D eigenvalue weighted by Gasteiger charge is -2.11. The molecule has 1 heterocycles. The van der Waals surface area contributed by atoms with E-state index in [9.17, 15) is 13.2 Å². The van der Waals surface area contributed by atoms with Crippen LogP contribution in [0.1, 0.15) is 30.7 Å². The molecule has 0 fully saturated rings. The zero-order valence-electron chi connectivity index (χ0n) is 9.02. The molecule has 0 spiro atoms. The van der Waals surface area contributed by atoms with E-state index in [1.165, 1.54) is 13.1 Å². The molecule has 0 aliphatic carbocycles. The van der Waals surface area contributed by atoms with Crippen LogP contribution in [0.5, 0.6) is 0 Å². The van der Waals surface area contributed by atoms with Crippen molar-refractivity contribution in [2.45, 2.75) is 33.4 Å². The van der Waals surface area contributed by atoms with Gasteiger partial charge in [0.25, 0.3) is 0 Å². The van der Waals surface area contributed by atoms with E-state index in [0.717, 1.165) is 12.0 Å². The second-order valence-electron chi connectivity index (χ2n) is 4.10. The Balaban J connectivity index is 2.99. The molecule has 0 aliphatic heterocycles. The Morgan fingerprint density at radius 1 is 1.33 bits per heavy atom. The Labute approximate surface area is 87.3 Å². The quantitative estimate of drug-likeness (QED) is 0.737. The molecular formula is C11H14F3N. The Morgan fingerprint density at radius 2 is 1.93 bits per heavy atom. The highest BCUT2D eigenvalue weighted by Gasteiger charge is 2.34. The van der Waals surface area contributed by atoms with E-state index in [4.69, 9.17) is 0 Å². The van der Waals surface area contributed by atoms with Crippen molar-refractivity contribution >= 4 is 0 Å². The summed E-state index contributed by atoms with van der Waals surface area (Å²) in [6, 6.07) is 1.57. The van der Waals surface area contributed by atoms with E-state index in [0.29, 0.717) is 5.92 Å². The number of halogens is 3. The standard InChI is InChI=1S/C11H14F3N/c1-7(2)4-9-5-8(3)10(15-6-9)11(12,13)14/h5-7H,4H2,1-3H3. The summed E-state index contributed by atoms with van der Waals surface area (Å²) in [5.74, 6) is 0.419. The van der Waals surface area contributed by atoms with Gasteiger partial charge in [-0.25, -0.2) is 0 Å². The number of aromatic nitrogens is 1. The van der Waals surface area contributed by atoms with E-state index < -0.39 is 11.9 Å². The first kappa shape index (κ1) is 12.0. The summed E-state index contributed by atoms with van der Waals surface area (Å²) in [5.41, 5.74) is 0.270. The number of hydrogen-bond acceptors (Lipinski definition) is 1. The average molecular weight is 217 g/mol. The lowest BCUT2D eigenvalue weighted by molar-refractivity contribution is -0.141. The van der Waals surface area contributed by atoms with E-state index in [1.54, 1.807) is 6.07 Å². The molecule has 0 saturated heterocycles. The van der Waals surface area contributed by atoms with Gasteiger partial charge in [-0.2, -0.15) is 13.2 Å². The molecule has 0 amide bonds. The molecule has 1 aromatic rings. The van der Waals surface area contributed by atoms with Crippen LogP contribution < -0.4 is 0 Å². The summed E-state index contributed by atoms with van der Waals surface area (Å²) in [6.07, 6.45) is -2.28. The molecule has 0 radical (unpaired) electrons. The smallest absolute Gasteiger partial charge is 0.251 e. The minimum Gasteiger partial charge on any atom is -0.251 e. The number of alkyl halides is 3. The molecule has 1 nitrogen and oxygen atoms in total. The lowest BCUT2D eigenvalue weighted by atomic mass is 10.0. The van der Waals surface area contributed by atoms with Crippen LogP contribution in [0.25, 0.3) is 0 Å². The van der Waals surface area contributed by atoms with Gasteiger partial charge in [0.1, 0.15) is 5.69 Å². The van der Waals surface area contributed by atoms with E-state index in [-0.39, 0.29) is 5.56 Å². The fourth-order valence-corrected chi connectivity index (χ4v) is 1.51. The maximum Gasteiger partial charge on any atom is 0.433 e. The minimum absolute atomic E-state index is 0.195. The number of nitrogens with zero attached hydrogens (tertiary/aromatic N) is 1. The van der Waals surface area contributed by atoms with Gasteiger partial charge in [0.15, 0.2) is 0 Å². The van der Waals surface area contributed by atoms with E-state index in [1.807, 2.05) is 13.8 Å². The van der Waals surface area contributed by atoms with Crippen molar-refractivity contribution in [3.63, 3.8) is 0 Å². The molecule has 1 rings (SSSR count). The van der Waals surface area contributed by atoms with Crippen LogP contribution in [-0.2, 0) is 12.6 Å². The van der Waals surface area contributed by atoms with Crippen LogP contribution in [0.3, 0.4) is 0 Å². The summed E-state index contributed by atoms with van der Waals surface area (Å²) in [5, 5.41) is 0. The molecule has 0 aromatic carbocycles. The summed E-state index contributed by atoms with van der Waals surface area (Å²) in [4.78, 5) is 3.48. The summed E-state index contributed by atoms with van der Waals surface area (Å²) >= 11 is 0. The van der Waals surface area contributed by atoms with Gasteiger partial charge in [-0.1, -0.05) is 19.9 Å². The summed E-state index contributed by atoms with van der Waals surface area (Å²) < 4.78 is 37.1. The number of rotatable bonds is 2. The van der Waals surface area contributed by atoms with E-state index >= 15 is 0 Å². The Bertz CT molecular complexity index is 342. The maximum atomic E-state index is 12.4. The van der Waals surface area contributed by atoms with Crippen molar-refractivity contribution in [2.75, 3.05) is 0 Å². The van der Waals surface area contributed by atoms with Crippen molar-refractivity contribution in [3.05, 3.63) is 29.1 Å². The first-order valence-electron chi connectivity index (χ1n) is 4.83. The summed E-state index contributed by atoms with van der Waals surface area (Å²) in [6.45, 7) is 5.49. The van der Waals surface area contributed by atoms with Crippen LogP contribution in [-0.4, -0.2) is 4.98 Å². The Kier molecular flexibility index (Phi) is 3.37. The largest absolute Gasteiger partial charge is 0.433 e. The Morgan fingerprint density at radius 3 is 2.33 bits per heavy atom. The van der Waals surface area contributed by atoms with Gasteiger partial charge in [-0.15, -0.1) is 0 Å². The SMILES string of the molecule is Cc1cc(CC(C)C)cnc1C(F)(F)F. The molecule has 0 atom stereocenters. The molecule has 84 valence electrons.